The summed E-state index contributed by atoms with van der Waals surface area (Å²) >= 11 is 0. The minimum atomic E-state index is -0.535. The summed E-state index contributed by atoms with van der Waals surface area (Å²) in [5, 5.41) is 4.56. The van der Waals surface area contributed by atoms with E-state index < -0.39 is 11.9 Å². The van der Waals surface area contributed by atoms with E-state index in [1.165, 1.54) is 6.92 Å². The van der Waals surface area contributed by atoms with Gasteiger partial charge in [-0.3, -0.25) is 10.1 Å². The van der Waals surface area contributed by atoms with Crippen LogP contribution >= 0.6 is 0 Å². The Kier molecular flexibility index (Phi) is 3.03. The minimum Gasteiger partial charge on any atom is -0.308 e. The zero-order chi connectivity index (χ0) is 9.68. The van der Waals surface area contributed by atoms with Gasteiger partial charge in [0.1, 0.15) is 0 Å². The van der Waals surface area contributed by atoms with Crippen LogP contribution in [0.15, 0.2) is 24.3 Å². The number of hydrogen-bond donors (Lipinski definition) is 2. The monoisotopic (exact) mass is 177 g/mol. The van der Waals surface area contributed by atoms with Crippen LogP contribution in [0.25, 0.3) is 0 Å². The maximum atomic E-state index is 11.0. The number of hydrogen-bond acceptors (Lipinski definition) is 2. The minimum absolute atomic E-state index is 0.391. The predicted octanol–water partition coefficient (Wildman–Crippen LogP) is 1.15. The number of carbonyl (C=O) groups is 2. The molecule has 0 bridgehead atoms. The second-order valence-electron chi connectivity index (χ2n) is 2.43. The van der Waals surface area contributed by atoms with Crippen molar-refractivity contribution >= 4 is 17.6 Å². The molecule has 1 aromatic carbocycles. The molecule has 1 aromatic rings. The molecule has 2 N–H and O–H groups in total. The maximum Gasteiger partial charge on any atom is 0.325 e. The highest BCUT2D eigenvalue weighted by molar-refractivity contribution is 6.00. The van der Waals surface area contributed by atoms with Crippen molar-refractivity contribution in [2.45, 2.75) is 6.92 Å². The van der Waals surface area contributed by atoms with Crippen LogP contribution in [0.1, 0.15) is 6.92 Å². The van der Waals surface area contributed by atoms with Gasteiger partial charge in [0, 0.05) is 12.6 Å². The molecule has 0 aliphatic heterocycles. The van der Waals surface area contributed by atoms with Gasteiger partial charge in [0.25, 0.3) is 0 Å². The van der Waals surface area contributed by atoms with E-state index in [-0.39, 0.29) is 0 Å². The zero-order valence-corrected chi connectivity index (χ0v) is 7.13. The second kappa shape index (κ2) is 4.25. The fourth-order valence-corrected chi connectivity index (χ4v) is 0.793. The first-order valence-electron chi connectivity index (χ1n) is 3.73. The first-order valence-corrected chi connectivity index (χ1v) is 3.73. The van der Waals surface area contributed by atoms with E-state index in [4.69, 9.17) is 0 Å². The SMILES string of the molecule is CC(=O)NC(=O)Nc1c[c]ccc1. The Balaban J connectivity index is 2.50. The average Bonchev–Trinajstić information content (AvgIpc) is 2.04. The highest BCUT2D eigenvalue weighted by Gasteiger charge is 2.01. The number of nitrogens with one attached hydrogen (secondary N) is 2. The largest absolute Gasteiger partial charge is 0.325 e. The molecule has 4 heteroatoms. The molecule has 0 saturated carbocycles. The number of rotatable bonds is 1. The summed E-state index contributed by atoms with van der Waals surface area (Å²) in [6, 6.07) is 9.03. The Labute approximate surface area is 75.9 Å². The highest BCUT2D eigenvalue weighted by atomic mass is 16.2. The van der Waals surface area contributed by atoms with Crippen molar-refractivity contribution in [1.29, 1.82) is 0 Å². The van der Waals surface area contributed by atoms with Crippen molar-refractivity contribution in [3.63, 3.8) is 0 Å². The van der Waals surface area contributed by atoms with Crippen LogP contribution in [-0.2, 0) is 4.79 Å². The van der Waals surface area contributed by atoms with Crippen molar-refractivity contribution in [3.8, 4) is 0 Å². The lowest BCUT2D eigenvalue weighted by atomic mass is 10.3. The van der Waals surface area contributed by atoms with Gasteiger partial charge in [-0.25, -0.2) is 4.79 Å². The molecule has 1 radical (unpaired) electrons. The van der Waals surface area contributed by atoms with E-state index in [1.54, 1.807) is 24.3 Å². The molecule has 0 aliphatic carbocycles. The Morgan fingerprint density at radius 2 is 2.23 bits per heavy atom. The second-order valence-corrected chi connectivity index (χ2v) is 2.43. The van der Waals surface area contributed by atoms with Crippen molar-refractivity contribution < 1.29 is 9.59 Å². The van der Waals surface area contributed by atoms with Gasteiger partial charge in [-0.1, -0.05) is 12.1 Å². The molecule has 0 atom stereocenters. The van der Waals surface area contributed by atoms with E-state index in [1.807, 2.05) is 0 Å². The molecule has 0 saturated heterocycles. The van der Waals surface area contributed by atoms with Crippen LogP contribution in [-0.4, -0.2) is 11.9 Å². The third-order valence-electron chi connectivity index (χ3n) is 1.25. The molecule has 0 aromatic heterocycles. The average molecular weight is 177 g/mol. The summed E-state index contributed by atoms with van der Waals surface area (Å²) in [5.74, 6) is -0.391. The molecule has 0 unspecified atom stereocenters. The van der Waals surface area contributed by atoms with Crippen LogP contribution in [0.5, 0.6) is 0 Å². The molecule has 4 nitrogen and oxygen atoms in total. The molecule has 1 rings (SSSR count). The van der Waals surface area contributed by atoms with E-state index in [9.17, 15) is 9.59 Å². The van der Waals surface area contributed by atoms with Crippen LogP contribution in [0.3, 0.4) is 0 Å². The lowest BCUT2D eigenvalue weighted by Gasteiger charge is -2.03. The summed E-state index contributed by atoms with van der Waals surface area (Å²) in [6.45, 7) is 1.27. The topological polar surface area (TPSA) is 58.2 Å². The number of urea groups is 1. The summed E-state index contributed by atoms with van der Waals surface area (Å²) in [6.07, 6.45) is 0. The van der Waals surface area contributed by atoms with Gasteiger partial charge in [0.05, 0.1) is 0 Å². The fourth-order valence-electron chi connectivity index (χ4n) is 0.793. The highest BCUT2D eigenvalue weighted by Crippen LogP contribution is 2.03. The van der Waals surface area contributed by atoms with Gasteiger partial charge in [-0.15, -0.1) is 0 Å². The third kappa shape index (κ3) is 3.37. The molecule has 0 aliphatic rings. The third-order valence-corrected chi connectivity index (χ3v) is 1.25. The maximum absolute atomic E-state index is 11.0. The summed E-state index contributed by atoms with van der Waals surface area (Å²) in [5.41, 5.74) is 0.598. The van der Waals surface area contributed by atoms with Crippen molar-refractivity contribution in [3.05, 3.63) is 30.3 Å². The Morgan fingerprint density at radius 3 is 2.77 bits per heavy atom. The number of imide groups is 1. The first-order chi connectivity index (χ1) is 6.18. The molecule has 67 valence electrons. The molecular weight excluding hydrogens is 168 g/mol. The van der Waals surface area contributed by atoms with Gasteiger partial charge in [0.2, 0.25) is 5.91 Å². The van der Waals surface area contributed by atoms with Crippen molar-refractivity contribution in [1.82, 2.24) is 5.32 Å². The molecule has 13 heavy (non-hydrogen) atoms. The number of anilines is 1. The quantitative estimate of drug-likeness (QED) is 0.676. The van der Waals surface area contributed by atoms with Crippen LogP contribution in [0, 0.1) is 6.07 Å². The molecule has 0 spiro atoms. The van der Waals surface area contributed by atoms with E-state index in [2.05, 4.69) is 16.7 Å². The first kappa shape index (κ1) is 9.25. The lowest BCUT2D eigenvalue weighted by Crippen LogP contribution is -2.32. The van der Waals surface area contributed by atoms with Crippen molar-refractivity contribution in [2.75, 3.05) is 5.32 Å². The fraction of sp³-hybridized carbons (Fsp3) is 0.111. The van der Waals surface area contributed by atoms with E-state index in [0.29, 0.717) is 5.69 Å². The zero-order valence-electron chi connectivity index (χ0n) is 7.13. The van der Waals surface area contributed by atoms with Gasteiger partial charge in [0.15, 0.2) is 0 Å². The van der Waals surface area contributed by atoms with Gasteiger partial charge in [-0.2, -0.15) is 0 Å². The molecule has 3 amide bonds. The van der Waals surface area contributed by atoms with Crippen LogP contribution < -0.4 is 10.6 Å². The van der Waals surface area contributed by atoms with E-state index >= 15 is 0 Å². The van der Waals surface area contributed by atoms with Gasteiger partial charge >= 0.3 is 6.03 Å². The van der Waals surface area contributed by atoms with Gasteiger partial charge < -0.3 is 5.32 Å². The summed E-state index contributed by atoms with van der Waals surface area (Å²) in [4.78, 5) is 21.4. The Bertz CT molecular complexity index is 309. The Hall–Kier alpha value is -1.84. The van der Waals surface area contributed by atoms with Crippen LogP contribution in [0.2, 0.25) is 0 Å². The van der Waals surface area contributed by atoms with E-state index in [0.717, 1.165) is 0 Å². The number of carbonyl (C=O) groups excluding carboxylic acids is 2. The number of amides is 3. The van der Waals surface area contributed by atoms with Gasteiger partial charge in [-0.05, 0) is 18.2 Å². The number of benzene rings is 1. The molecule has 0 heterocycles. The van der Waals surface area contributed by atoms with Crippen LogP contribution in [0.4, 0.5) is 10.5 Å². The summed E-state index contributed by atoms with van der Waals surface area (Å²) in [7, 11) is 0. The Morgan fingerprint density at radius 1 is 1.46 bits per heavy atom. The standard InChI is InChI=1S/C9H9N2O2/c1-7(12)10-9(13)11-8-5-3-2-4-6-8/h2-3,5-6H,1H3,(H2,10,11,12,13). The predicted molar refractivity (Wildman–Crippen MR) is 48.1 cm³/mol. The smallest absolute Gasteiger partial charge is 0.308 e. The lowest BCUT2D eigenvalue weighted by molar-refractivity contribution is -0.117. The summed E-state index contributed by atoms with van der Waals surface area (Å²) < 4.78 is 0. The molecule has 0 fully saturated rings. The van der Waals surface area contributed by atoms with Crippen molar-refractivity contribution in [2.24, 2.45) is 0 Å². The molecular formula is C9H9N2O2. The normalized spacial score (nSPS) is 9.00.